The van der Waals surface area contributed by atoms with Gasteiger partial charge in [0.1, 0.15) is 5.01 Å². The monoisotopic (exact) mass is 257 g/mol. The van der Waals surface area contributed by atoms with Crippen molar-refractivity contribution in [1.82, 2.24) is 4.98 Å². The van der Waals surface area contributed by atoms with Crippen LogP contribution in [-0.2, 0) is 19.3 Å². The average molecular weight is 257 g/mol. The molecule has 0 aliphatic heterocycles. The number of hydrogen-bond acceptors (Lipinski definition) is 3. The Hall–Kier alpha value is -1.48. The minimum atomic E-state index is 0.180. The lowest BCUT2D eigenvalue weighted by Crippen LogP contribution is -2.04. The second kappa shape index (κ2) is 4.65. The molecule has 1 aliphatic rings. The van der Waals surface area contributed by atoms with Crippen LogP contribution < -0.4 is 0 Å². The van der Waals surface area contributed by atoms with E-state index in [2.05, 4.69) is 17.1 Å². The molecule has 2 nitrogen and oxygen atoms in total. The van der Waals surface area contributed by atoms with Crippen molar-refractivity contribution in [2.75, 3.05) is 0 Å². The van der Waals surface area contributed by atoms with E-state index in [1.54, 1.807) is 11.3 Å². The molecular weight excluding hydrogens is 242 g/mol. The molecule has 3 rings (SSSR count). The number of carbonyl (C=O) groups excluding carboxylic acids is 1. The smallest absolute Gasteiger partial charge is 0.169 e. The maximum atomic E-state index is 12.2. The molecule has 0 saturated heterocycles. The lowest BCUT2D eigenvalue weighted by Gasteiger charge is -2.03. The van der Waals surface area contributed by atoms with Crippen LogP contribution in [0.25, 0.3) is 0 Å². The highest BCUT2D eigenvalue weighted by Gasteiger charge is 2.15. The summed E-state index contributed by atoms with van der Waals surface area (Å²) in [5.74, 6) is 0.180. The van der Waals surface area contributed by atoms with Gasteiger partial charge in [-0.25, -0.2) is 4.98 Å². The van der Waals surface area contributed by atoms with Crippen LogP contribution in [0.4, 0.5) is 0 Å². The third-order valence-corrected chi connectivity index (χ3v) is 4.37. The van der Waals surface area contributed by atoms with E-state index in [-0.39, 0.29) is 5.78 Å². The molecule has 0 bridgehead atoms. The summed E-state index contributed by atoms with van der Waals surface area (Å²) >= 11 is 1.57. The van der Waals surface area contributed by atoms with Gasteiger partial charge in [-0.1, -0.05) is 12.1 Å². The Labute approximate surface area is 111 Å². The van der Waals surface area contributed by atoms with Crippen molar-refractivity contribution in [2.45, 2.75) is 32.6 Å². The highest BCUT2D eigenvalue weighted by molar-refractivity contribution is 7.09. The highest BCUT2D eigenvalue weighted by Crippen LogP contribution is 2.23. The molecule has 3 heteroatoms. The fourth-order valence-electron chi connectivity index (χ4n) is 2.47. The average Bonchev–Trinajstić information content (AvgIpc) is 2.96. The zero-order valence-corrected chi connectivity index (χ0v) is 11.2. The molecule has 0 unspecified atom stereocenters. The topological polar surface area (TPSA) is 30.0 Å². The number of hydrogen-bond donors (Lipinski definition) is 0. The summed E-state index contributed by atoms with van der Waals surface area (Å²) in [5.41, 5.74) is 4.60. The van der Waals surface area contributed by atoms with Gasteiger partial charge in [0, 0.05) is 16.6 Å². The third-order valence-electron chi connectivity index (χ3n) is 3.40. The first-order chi connectivity index (χ1) is 8.72. The van der Waals surface area contributed by atoms with Crippen LogP contribution in [0.15, 0.2) is 23.6 Å². The lowest BCUT2D eigenvalue weighted by atomic mass is 10.0. The van der Waals surface area contributed by atoms with Crippen molar-refractivity contribution in [3.8, 4) is 0 Å². The van der Waals surface area contributed by atoms with Crippen molar-refractivity contribution >= 4 is 17.1 Å². The summed E-state index contributed by atoms with van der Waals surface area (Å²) in [7, 11) is 0. The normalized spacial score (nSPS) is 13.6. The predicted molar refractivity (Wildman–Crippen MR) is 73.4 cm³/mol. The molecule has 0 radical (unpaired) electrons. The molecule has 1 aromatic heterocycles. The van der Waals surface area contributed by atoms with Crippen LogP contribution >= 0.6 is 11.3 Å². The molecule has 0 spiro atoms. The Morgan fingerprint density at radius 3 is 2.94 bits per heavy atom. The van der Waals surface area contributed by atoms with Crippen LogP contribution in [0.2, 0.25) is 0 Å². The number of Topliss-reactive ketones (excluding diaryl/α,β-unsaturated/α-hetero) is 1. The second-order valence-electron chi connectivity index (χ2n) is 4.82. The summed E-state index contributed by atoms with van der Waals surface area (Å²) in [6, 6.07) is 6.15. The van der Waals surface area contributed by atoms with E-state index in [9.17, 15) is 4.79 Å². The number of rotatable bonds is 3. The largest absolute Gasteiger partial charge is 0.294 e. The van der Waals surface area contributed by atoms with Crippen LogP contribution in [0.3, 0.4) is 0 Å². The van der Waals surface area contributed by atoms with Crippen LogP contribution in [0.1, 0.15) is 38.6 Å². The fraction of sp³-hybridized carbons (Fsp3) is 0.333. The molecule has 1 aliphatic carbocycles. The van der Waals surface area contributed by atoms with E-state index in [1.807, 2.05) is 18.4 Å². The number of benzene rings is 1. The van der Waals surface area contributed by atoms with E-state index in [1.165, 1.54) is 17.5 Å². The van der Waals surface area contributed by atoms with Crippen LogP contribution in [-0.4, -0.2) is 10.8 Å². The van der Waals surface area contributed by atoms with Gasteiger partial charge in [0.05, 0.1) is 6.42 Å². The minimum Gasteiger partial charge on any atom is -0.294 e. The number of aryl methyl sites for hydroxylation is 3. The van der Waals surface area contributed by atoms with Crippen LogP contribution in [0, 0.1) is 6.92 Å². The maximum absolute atomic E-state index is 12.2. The summed E-state index contributed by atoms with van der Waals surface area (Å²) in [4.78, 5) is 16.5. The molecular formula is C15H15NOS. The van der Waals surface area contributed by atoms with Gasteiger partial charge in [-0.05, 0) is 43.4 Å². The summed E-state index contributed by atoms with van der Waals surface area (Å²) in [6.07, 6.45) is 3.93. The number of thiazole rings is 1. The van der Waals surface area contributed by atoms with Crippen molar-refractivity contribution in [3.63, 3.8) is 0 Å². The minimum absolute atomic E-state index is 0.180. The number of aromatic nitrogens is 1. The molecule has 0 amide bonds. The third kappa shape index (κ3) is 2.23. The first kappa shape index (κ1) is 11.6. The van der Waals surface area contributed by atoms with Crippen molar-refractivity contribution in [1.29, 1.82) is 0 Å². The molecule has 18 heavy (non-hydrogen) atoms. The van der Waals surface area contributed by atoms with Crippen molar-refractivity contribution in [2.24, 2.45) is 0 Å². The van der Waals surface area contributed by atoms with Gasteiger partial charge in [-0.3, -0.25) is 4.79 Å². The Balaban J connectivity index is 1.80. The first-order valence-electron chi connectivity index (χ1n) is 6.28. The maximum Gasteiger partial charge on any atom is 0.169 e. The second-order valence-corrected chi connectivity index (χ2v) is 5.76. The highest BCUT2D eigenvalue weighted by atomic mass is 32.1. The zero-order valence-electron chi connectivity index (χ0n) is 10.4. The molecule has 1 aromatic carbocycles. The van der Waals surface area contributed by atoms with Gasteiger partial charge in [0.2, 0.25) is 0 Å². The van der Waals surface area contributed by atoms with Gasteiger partial charge in [-0.2, -0.15) is 0 Å². The lowest BCUT2D eigenvalue weighted by molar-refractivity contribution is 0.0993. The predicted octanol–water partition coefficient (Wildman–Crippen LogP) is 3.37. The molecule has 0 atom stereocenters. The Morgan fingerprint density at radius 1 is 1.33 bits per heavy atom. The summed E-state index contributed by atoms with van der Waals surface area (Å²) < 4.78 is 0. The molecule has 92 valence electrons. The van der Waals surface area contributed by atoms with E-state index >= 15 is 0 Å². The van der Waals surface area contributed by atoms with Gasteiger partial charge in [0.15, 0.2) is 5.78 Å². The van der Waals surface area contributed by atoms with Gasteiger partial charge >= 0.3 is 0 Å². The fourth-order valence-corrected chi connectivity index (χ4v) is 3.24. The van der Waals surface area contributed by atoms with Gasteiger partial charge in [-0.15, -0.1) is 11.3 Å². The van der Waals surface area contributed by atoms with Crippen LogP contribution in [0.5, 0.6) is 0 Å². The zero-order chi connectivity index (χ0) is 12.5. The number of carbonyl (C=O) groups is 1. The molecule has 1 heterocycles. The van der Waals surface area contributed by atoms with Gasteiger partial charge < -0.3 is 0 Å². The van der Waals surface area contributed by atoms with E-state index in [0.717, 1.165) is 29.1 Å². The Kier molecular flexibility index (Phi) is 3.00. The van der Waals surface area contributed by atoms with Gasteiger partial charge in [0.25, 0.3) is 0 Å². The Morgan fingerprint density at radius 2 is 2.17 bits per heavy atom. The SMILES string of the molecule is Cc1csc(CC(=O)c2ccc3c(c2)CCC3)n1. The molecule has 2 aromatic rings. The number of fused-ring (bicyclic) bond motifs is 1. The number of nitrogens with zero attached hydrogens (tertiary/aromatic N) is 1. The summed E-state index contributed by atoms with van der Waals surface area (Å²) in [6.45, 7) is 1.96. The van der Waals surface area contributed by atoms with E-state index in [0.29, 0.717) is 6.42 Å². The quantitative estimate of drug-likeness (QED) is 0.789. The van der Waals surface area contributed by atoms with Crippen molar-refractivity contribution < 1.29 is 4.79 Å². The van der Waals surface area contributed by atoms with E-state index < -0.39 is 0 Å². The standard InChI is InChI=1S/C15H15NOS/c1-10-9-18-15(16-10)8-14(17)13-6-5-11-3-2-4-12(11)7-13/h5-7,9H,2-4,8H2,1H3. The number of ketones is 1. The van der Waals surface area contributed by atoms with E-state index in [4.69, 9.17) is 0 Å². The first-order valence-corrected chi connectivity index (χ1v) is 7.16. The molecule has 0 N–H and O–H groups in total. The molecule has 0 saturated carbocycles. The van der Waals surface area contributed by atoms with Crippen molar-refractivity contribution in [3.05, 3.63) is 51.0 Å². The summed E-state index contributed by atoms with van der Waals surface area (Å²) in [5, 5.41) is 2.91. The molecule has 0 fully saturated rings. The Bertz CT molecular complexity index is 600.